The third-order valence-electron chi connectivity index (χ3n) is 2.53. The maximum absolute atomic E-state index is 11.8. The minimum Gasteiger partial charge on any atom is -0.508 e. The second-order valence-electron chi connectivity index (χ2n) is 4.12. The summed E-state index contributed by atoms with van der Waals surface area (Å²) in [6.45, 7) is 4.27. The van der Waals surface area contributed by atoms with Crippen LogP contribution in [0.3, 0.4) is 0 Å². The lowest BCUT2D eigenvalue weighted by molar-refractivity contribution is -0.120. The molecule has 1 unspecified atom stereocenters. The zero-order valence-corrected chi connectivity index (χ0v) is 9.60. The van der Waals surface area contributed by atoms with Crippen molar-refractivity contribution in [3.8, 4) is 5.75 Å². The van der Waals surface area contributed by atoms with E-state index in [1.807, 2.05) is 13.8 Å². The molecule has 4 heteroatoms. The highest BCUT2D eigenvalue weighted by Crippen LogP contribution is 2.16. The number of phenolic OH excluding ortho intramolecular Hbond substituents is 1. The minimum atomic E-state index is -0.186. The summed E-state index contributed by atoms with van der Waals surface area (Å²) in [5.74, 6) is 0.122. The lowest BCUT2D eigenvalue weighted by Gasteiger charge is -2.18. The molecule has 0 heterocycles. The molecular weight excluding hydrogens is 204 g/mol. The number of carbonyl (C=O) groups is 1. The van der Waals surface area contributed by atoms with E-state index in [9.17, 15) is 4.79 Å². The van der Waals surface area contributed by atoms with Crippen LogP contribution in [0.1, 0.15) is 13.8 Å². The smallest absolute Gasteiger partial charge is 0.229 e. The van der Waals surface area contributed by atoms with Crippen molar-refractivity contribution >= 4 is 11.6 Å². The van der Waals surface area contributed by atoms with E-state index in [-0.39, 0.29) is 23.5 Å². The third kappa shape index (κ3) is 3.24. The van der Waals surface area contributed by atoms with Gasteiger partial charge in [0.2, 0.25) is 5.91 Å². The normalized spacial score (nSPS) is 12.5. The standard InChI is InChI=1S/C12H18N2O2/c1-8(2)11(7-13)12(16)14-9-3-5-10(15)6-4-9/h3-6,8,11,15H,7,13H2,1-2H3,(H,14,16). The van der Waals surface area contributed by atoms with E-state index in [0.29, 0.717) is 12.2 Å². The fourth-order valence-electron chi connectivity index (χ4n) is 1.46. The predicted molar refractivity (Wildman–Crippen MR) is 64.1 cm³/mol. The average Bonchev–Trinajstić information content (AvgIpc) is 2.22. The summed E-state index contributed by atoms with van der Waals surface area (Å²) in [7, 11) is 0. The van der Waals surface area contributed by atoms with Crippen LogP contribution in [0.5, 0.6) is 5.75 Å². The van der Waals surface area contributed by atoms with Crippen molar-refractivity contribution in [3.05, 3.63) is 24.3 Å². The summed E-state index contributed by atoms with van der Waals surface area (Å²) in [5, 5.41) is 11.9. The maximum Gasteiger partial charge on any atom is 0.229 e. The number of aromatic hydroxyl groups is 1. The van der Waals surface area contributed by atoms with Crippen LogP contribution in [-0.2, 0) is 4.79 Å². The van der Waals surface area contributed by atoms with Crippen LogP contribution in [0.4, 0.5) is 5.69 Å². The van der Waals surface area contributed by atoms with E-state index in [1.165, 1.54) is 12.1 Å². The van der Waals surface area contributed by atoms with Gasteiger partial charge in [-0.15, -0.1) is 0 Å². The number of rotatable bonds is 4. The zero-order valence-electron chi connectivity index (χ0n) is 9.60. The monoisotopic (exact) mass is 222 g/mol. The summed E-state index contributed by atoms with van der Waals surface area (Å²) in [6.07, 6.45) is 0. The van der Waals surface area contributed by atoms with Crippen molar-refractivity contribution in [1.82, 2.24) is 0 Å². The van der Waals surface area contributed by atoms with Crippen molar-refractivity contribution in [1.29, 1.82) is 0 Å². The fourth-order valence-corrected chi connectivity index (χ4v) is 1.46. The Labute approximate surface area is 95.5 Å². The van der Waals surface area contributed by atoms with Gasteiger partial charge < -0.3 is 16.2 Å². The highest BCUT2D eigenvalue weighted by molar-refractivity contribution is 5.92. The Bertz CT molecular complexity index is 347. The molecule has 4 N–H and O–H groups in total. The maximum atomic E-state index is 11.8. The van der Waals surface area contributed by atoms with Crippen LogP contribution in [0.15, 0.2) is 24.3 Å². The number of benzene rings is 1. The summed E-state index contributed by atoms with van der Waals surface area (Å²) >= 11 is 0. The van der Waals surface area contributed by atoms with Gasteiger partial charge >= 0.3 is 0 Å². The van der Waals surface area contributed by atoms with Crippen LogP contribution in [-0.4, -0.2) is 17.6 Å². The second kappa shape index (κ2) is 5.51. The summed E-state index contributed by atoms with van der Waals surface area (Å²) in [6, 6.07) is 6.37. The molecule has 1 amide bonds. The number of amides is 1. The van der Waals surface area contributed by atoms with Gasteiger partial charge in [-0.05, 0) is 30.2 Å². The van der Waals surface area contributed by atoms with Crippen molar-refractivity contribution in [3.63, 3.8) is 0 Å². The second-order valence-corrected chi connectivity index (χ2v) is 4.12. The largest absolute Gasteiger partial charge is 0.508 e. The lowest BCUT2D eigenvalue weighted by atomic mass is 9.95. The van der Waals surface area contributed by atoms with Crippen molar-refractivity contribution in [2.75, 3.05) is 11.9 Å². The van der Waals surface area contributed by atoms with Crippen molar-refractivity contribution < 1.29 is 9.90 Å². The number of phenols is 1. The van der Waals surface area contributed by atoms with E-state index >= 15 is 0 Å². The van der Waals surface area contributed by atoms with Gasteiger partial charge in [-0.25, -0.2) is 0 Å². The molecule has 1 aromatic rings. The molecule has 0 fully saturated rings. The molecule has 0 spiro atoms. The predicted octanol–water partition coefficient (Wildman–Crippen LogP) is 1.56. The van der Waals surface area contributed by atoms with E-state index in [2.05, 4.69) is 5.32 Å². The van der Waals surface area contributed by atoms with E-state index in [4.69, 9.17) is 10.8 Å². The molecule has 0 aliphatic heterocycles. The molecule has 0 saturated carbocycles. The van der Waals surface area contributed by atoms with Gasteiger partial charge in [0.05, 0.1) is 5.92 Å². The molecule has 1 atom stereocenters. The molecule has 0 radical (unpaired) electrons. The van der Waals surface area contributed by atoms with Gasteiger partial charge in [0.15, 0.2) is 0 Å². The summed E-state index contributed by atoms with van der Waals surface area (Å²) in [4.78, 5) is 11.8. The van der Waals surface area contributed by atoms with Gasteiger partial charge in [0, 0.05) is 12.2 Å². The molecule has 0 aromatic heterocycles. The molecule has 88 valence electrons. The van der Waals surface area contributed by atoms with Crippen LogP contribution in [0.25, 0.3) is 0 Å². The topological polar surface area (TPSA) is 75.4 Å². The first-order chi connectivity index (χ1) is 7.54. The van der Waals surface area contributed by atoms with E-state index in [1.54, 1.807) is 12.1 Å². The molecule has 1 aromatic carbocycles. The van der Waals surface area contributed by atoms with E-state index < -0.39 is 0 Å². The Morgan fingerprint density at radius 1 is 1.38 bits per heavy atom. The van der Waals surface area contributed by atoms with Gasteiger partial charge in [0.1, 0.15) is 5.75 Å². The van der Waals surface area contributed by atoms with Crippen LogP contribution >= 0.6 is 0 Å². The van der Waals surface area contributed by atoms with Crippen LogP contribution in [0.2, 0.25) is 0 Å². The molecule has 0 saturated heterocycles. The third-order valence-corrected chi connectivity index (χ3v) is 2.53. The van der Waals surface area contributed by atoms with Crippen LogP contribution in [0, 0.1) is 11.8 Å². The molecule has 0 aliphatic carbocycles. The number of nitrogens with two attached hydrogens (primary N) is 1. The SMILES string of the molecule is CC(C)C(CN)C(=O)Nc1ccc(O)cc1. The van der Waals surface area contributed by atoms with Crippen molar-refractivity contribution in [2.45, 2.75) is 13.8 Å². The van der Waals surface area contributed by atoms with E-state index in [0.717, 1.165) is 0 Å². The minimum absolute atomic E-state index is 0.0804. The highest BCUT2D eigenvalue weighted by atomic mass is 16.3. The lowest BCUT2D eigenvalue weighted by Crippen LogP contribution is -2.33. The fraction of sp³-hybridized carbons (Fsp3) is 0.417. The summed E-state index contributed by atoms with van der Waals surface area (Å²) < 4.78 is 0. The van der Waals surface area contributed by atoms with Crippen LogP contribution < -0.4 is 11.1 Å². The molecule has 0 bridgehead atoms. The average molecular weight is 222 g/mol. The number of anilines is 1. The first-order valence-electron chi connectivity index (χ1n) is 5.34. The van der Waals surface area contributed by atoms with Gasteiger partial charge in [-0.1, -0.05) is 13.8 Å². The first kappa shape index (κ1) is 12.5. The molecule has 16 heavy (non-hydrogen) atoms. The summed E-state index contributed by atoms with van der Waals surface area (Å²) in [5.41, 5.74) is 6.22. The number of hydrogen-bond acceptors (Lipinski definition) is 3. The van der Waals surface area contributed by atoms with Gasteiger partial charge in [-0.3, -0.25) is 4.79 Å². The number of carbonyl (C=O) groups excluding carboxylic acids is 1. The Hall–Kier alpha value is -1.55. The number of nitrogens with one attached hydrogen (secondary N) is 1. The molecule has 0 aliphatic rings. The van der Waals surface area contributed by atoms with Crippen molar-refractivity contribution in [2.24, 2.45) is 17.6 Å². The Morgan fingerprint density at radius 2 is 1.94 bits per heavy atom. The molecular formula is C12H18N2O2. The zero-order chi connectivity index (χ0) is 12.1. The quantitative estimate of drug-likeness (QED) is 0.677. The van der Waals surface area contributed by atoms with Gasteiger partial charge in [-0.2, -0.15) is 0 Å². The molecule has 1 rings (SSSR count). The first-order valence-corrected chi connectivity index (χ1v) is 5.34. The Morgan fingerprint density at radius 3 is 2.38 bits per heavy atom. The Balaban J connectivity index is 2.66. The number of hydrogen-bond donors (Lipinski definition) is 3. The van der Waals surface area contributed by atoms with Gasteiger partial charge in [0.25, 0.3) is 0 Å². The molecule has 4 nitrogen and oxygen atoms in total. The Kier molecular flexibility index (Phi) is 4.31. The highest BCUT2D eigenvalue weighted by Gasteiger charge is 2.20.